The summed E-state index contributed by atoms with van der Waals surface area (Å²) < 4.78 is 1.36. The maximum atomic E-state index is 12.7. The van der Waals surface area contributed by atoms with Crippen LogP contribution < -0.4 is 5.32 Å². The van der Waals surface area contributed by atoms with E-state index in [1.165, 1.54) is 16.0 Å². The molecule has 8 nitrogen and oxygen atoms in total. The van der Waals surface area contributed by atoms with Gasteiger partial charge in [0, 0.05) is 4.88 Å². The van der Waals surface area contributed by atoms with Crippen LogP contribution in [0.25, 0.3) is 0 Å². The number of nitriles is 1. The van der Waals surface area contributed by atoms with Gasteiger partial charge in [-0.1, -0.05) is 0 Å². The number of fused-ring (bicyclic) bond motifs is 1. The molecule has 1 aliphatic rings. The first-order valence-corrected chi connectivity index (χ1v) is 9.22. The van der Waals surface area contributed by atoms with Gasteiger partial charge in [-0.3, -0.25) is 19.6 Å². The number of nitrogens with zero attached hydrogens (tertiary/aromatic N) is 4. The van der Waals surface area contributed by atoms with Crippen LogP contribution in [0.3, 0.4) is 0 Å². The third-order valence-corrected chi connectivity index (χ3v) is 5.94. The minimum atomic E-state index is -0.729. The van der Waals surface area contributed by atoms with Crippen molar-refractivity contribution in [1.29, 1.82) is 5.26 Å². The first-order chi connectivity index (χ1) is 12.3. The van der Waals surface area contributed by atoms with Crippen LogP contribution in [0.15, 0.2) is 0 Å². The Kier molecular flexibility index (Phi) is 4.78. The van der Waals surface area contributed by atoms with E-state index in [9.17, 15) is 20.2 Å². The molecule has 1 atom stereocenters. The number of hydrogen-bond donors (Lipinski definition) is 1. The van der Waals surface area contributed by atoms with Gasteiger partial charge in [-0.15, -0.1) is 11.3 Å². The molecule has 2 aromatic rings. The van der Waals surface area contributed by atoms with Crippen molar-refractivity contribution < 1.29 is 9.72 Å². The van der Waals surface area contributed by atoms with Crippen molar-refractivity contribution in [3.63, 3.8) is 0 Å². The minimum absolute atomic E-state index is 0.0750. The zero-order valence-electron chi connectivity index (χ0n) is 14.8. The highest BCUT2D eigenvalue weighted by Gasteiger charge is 2.28. The maximum Gasteiger partial charge on any atom is 0.312 e. The summed E-state index contributed by atoms with van der Waals surface area (Å²) in [4.78, 5) is 24.5. The Morgan fingerprint density at radius 2 is 2.12 bits per heavy atom. The molecule has 1 N–H and O–H groups in total. The van der Waals surface area contributed by atoms with Gasteiger partial charge in [0.05, 0.1) is 10.5 Å². The molecule has 1 amide bonds. The molecule has 0 saturated carbocycles. The molecule has 0 bridgehead atoms. The first kappa shape index (κ1) is 18.1. The molecule has 0 radical (unpaired) electrons. The number of anilines is 1. The number of nitro groups is 1. The molecule has 0 aromatic carbocycles. The van der Waals surface area contributed by atoms with E-state index in [2.05, 4.69) is 16.5 Å². The summed E-state index contributed by atoms with van der Waals surface area (Å²) in [5, 5.41) is 28.2. The molecule has 0 aliphatic heterocycles. The summed E-state index contributed by atoms with van der Waals surface area (Å²) in [5.74, 6) is -0.347. The molecule has 3 rings (SSSR count). The highest BCUT2D eigenvalue weighted by molar-refractivity contribution is 7.16. The molecule has 2 heterocycles. The third-order valence-electron chi connectivity index (χ3n) is 4.74. The number of rotatable bonds is 4. The van der Waals surface area contributed by atoms with E-state index in [1.807, 2.05) is 0 Å². The van der Waals surface area contributed by atoms with Crippen LogP contribution in [0.2, 0.25) is 0 Å². The number of nitrogens with one attached hydrogen (secondary N) is 1. The fourth-order valence-electron chi connectivity index (χ4n) is 3.40. The second-order valence-electron chi connectivity index (χ2n) is 6.41. The van der Waals surface area contributed by atoms with Gasteiger partial charge in [-0.2, -0.15) is 10.4 Å². The largest absolute Gasteiger partial charge is 0.315 e. The molecule has 26 heavy (non-hydrogen) atoms. The Balaban J connectivity index is 1.87. The second kappa shape index (κ2) is 6.88. The van der Waals surface area contributed by atoms with Crippen molar-refractivity contribution in [1.82, 2.24) is 9.78 Å². The molecule has 0 unspecified atom stereocenters. The van der Waals surface area contributed by atoms with Gasteiger partial charge in [-0.05, 0) is 52.0 Å². The zero-order valence-corrected chi connectivity index (χ0v) is 15.6. The average molecular weight is 373 g/mol. The number of thiophene rings is 1. The van der Waals surface area contributed by atoms with Gasteiger partial charge in [0.25, 0.3) is 0 Å². The molecule has 0 fully saturated rings. The normalized spacial score (nSPS) is 14.4. The Bertz CT molecular complexity index is 937. The van der Waals surface area contributed by atoms with Crippen LogP contribution in [0, 0.1) is 35.3 Å². The Morgan fingerprint density at radius 1 is 1.42 bits per heavy atom. The lowest BCUT2D eigenvalue weighted by molar-refractivity contribution is -0.386. The molecular weight excluding hydrogens is 354 g/mol. The summed E-state index contributed by atoms with van der Waals surface area (Å²) in [6.45, 7) is 4.76. The summed E-state index contributed by atoms with van der Waals surface area (Å²) in [6, 6.07) is 1.48. The van der Waals surface area contributed by atoms with Gasteiger partial charge in [0.2, 0.25) is 5.91 Å². The lowest BCUT2D eigenvalue weighted by atomic mass is 9.96. The molecule has 0 saturated heterocycles. The van der Waals surface area contributed by atoms with E-state index in [4.69, 9.17) is 0 Å². The fraction of sp³-hybridized carbons (Fsp3) is 0.471. The van der Waals surface area contributed by atoms with Gasteiger partial charge in [0.1, 0.15) is 28.5 Å². The van der Waals surface area contributed by atoms with Gasteiger partial charge >= 0.3 is 5.69 Å². The lowest BCUT2D eigenvalue weighted by Gasteiger charge is -2.13. The molecule has 1 aliphatic carbocycles. The first-order valence-electron chi connectivity index (χ1n) is 8.40. The smallest absolute Gasteiger partial charge is 0.312 e. The minimum Gasteiger partial charge on any atom is -0.315 e. The van der Waals surface area contributed by atoms with Crippen LogP contribution >= 0.6 is 11.3 Å². The second-order valence-corrected chi connectivity index (χ2v) is 7.52. The van der Waals surface area contributed by atoms with E-state index in [-0.39, 0.29) is 17.3 Å². The number of carbonyl (C=O) groups excluding carboxylic acids is 1. The number of amides is 1. The van der Waals surface area contributed by atoms with Crippen molar-refractivity contribution in [2.75, 3.05) is 5.32 Å². The summed E-state index contributed by atoms with van der Waals surface area (Å²) in [7, 11) is 0. The van der Waals surface area contributed by atoms with Crippen LogP contribution in [-0.2, 0) is 17.6 Å². The van der Waals surface area contributed by atoms with E-state index in [0.29, 0.717) is 16.3 Å². The van der Waals surface area contributed by atoms with E-state index in [0.717, 1.165) is 36.1 Å². The fourth-order valence-corrected chi connectivity index (χ4v) is 4.64. The number of hydrogen-bond acceptors (Lipinski definition) is 6. The highest BCUT2D eigenvalue weighted by Crippen LogP contribution is 2.38. The molecular formula is C17H19N5O3S. The lowest BCUT2D eigenvalue weighted by Crippen LogP contribution is -2.25. The standard InChI is InChI=1S/C17H19N5O3S/c1-9-15(22(24)25)10(2)21(20-9)11(3)16(23)19-17-13(8-18)12-6-4-5-7-14(12)26-17/h11H,4-7H2,1-3H3,(H,19,23)/t11-/m1/s1. The van der Waals surface area contributed by atoms with Crippen molar-refractivity contribution >= 4 is 27.9 Å². The van der Waals surface area contributed by atoms with Crippen LogP contribution in [-0.4, -0.2) is 20.6 Å². The topological polar surface area (TPSA) is 114 Å². The predicted molar refractivity (Wildman–Crippen MR) is 97.4 cm³/mol. The van der Waals surface area contributed by atoms with E-state index >= 15 is 0 Å². The summed E-state index contributed by atoms with van der Waals surface area (Å²) in [5.41, 5.74) is 2.13. The van der Waals surface area contributed by atoms with Crippen LogP contribution in [0.4, 0.5) is 10.7 Å². The van der Waals surface area contributed by atoms with Gasteiger partial charge in [-0.25, -0.2) is 0 Å². The van der Waals surface area contributed by atoms with E-state index < -0.39 is 11.0 Å². The SMILES string of the molecule is Cc1nn([C@H](C)C(=O)Nc2sc3c(c2C#N)CCCC3)c(C)c1[N+](=O)[O-]. The average Bonchev–Trinajstić information content (AvgIpc) is 3.10. The third kappa shape index (κ3) is 2.97. The maximum absolute atomic E-state index is 12.7. The number of aromatic nitrogens is 2. The highest BCUT2D eigenvalue weighted by atomic mass is 32.1. The molecule has 2 aromatic heterocycles. The van der Waals surface area contributed by atoms with Crippen LogP contribution in [0.1, 0.15) is 53.2 Å². The predicted octanol–water partition coefficient (Wildman–Crippen LogP) is 3.42. The number of carbonyl (C=O) groups is 1. The van der Waals surface area contributed by atoms with Gasteiger partial charge in [0.15, 0.2) is 0 Å². The van der Waals surface area contributed by atoms with Crippen molar-refractivity contribution in [2.24, 2.45) is 0 Å². The molecule has 0 spiro atoms. The van der Waals surface area contributed by atoms with Crippen molar-refractivity contribution in [3.8, 4) is 6.07 Å². The molecule has 136 valence electrons. The Morgan fingerprint density at radius 3 is 2.73 bits per heavy atom. The van der Waals surface area contributed by atoms with Crippen molar-refractivity contribution in [3.05, 3.63) is 37.5 Å². The van der Waals surface area contributed by atoms with E-state index in [1.54, 1.807) is 20.8 Å². The number of aryl methyl sites for hydroxylation is 2. The Labute approximate surface area is 154 Å². The van der Waals surface area contributed by atoms with Crippen molar-refractivity contribution in [2.45, 2.75) is 52.5 Å². The van der Waals surface area contributed by atoms with Gasteiger partial charge < -0.3 is 5.32 Å². The molecule has 9 heteroatoms. The van der Waals surface area contributed by atoms with Crippen LogP contribution in [0.5, 0.6) is 0 Å². The Hall–Kier alpha value is -2.73. The summed E-state index contributed by atoms with van der Waals surface area (Å²) in [6.07, 6.45) is 3.95. The quantitative estimate of drug-likeness (QED) is 0.651. The monoisotopic (exact) mass is 373 g/mol. The summed E-state index contributed by atoms with van der Waals surface area (Å²) >= 11 is 1.45. The zero-order chi connectivity index (χ0) is 19.0.